The van der Waals surface area contributed by atoms with E-state index in [1.54, 1.807) is 0 Å². The molecule has 0 aromatic carbocycles. The van der Waals surface area contributed by atoms with E-state index in [1.807, 2.05) is 0 Å². The minimum Gasteiger partial charge on any atom is -0.507 e. The summed E-state index contributed by atoms with van der Waals surface area (Å²) in [6.07, 6.45) is 6.38. The molecular weight excluding hydrogens is 194 g/mol. The second-order valence-electron chi connectivity index (χ2n) is 4.10. The van der Waals surface area contributed by atoms with E-state index >= 15 is 0 Å². The Morgan fingerprint density at radius 3 is 2.60 bits per heavy atom. The third kappa shape index (κ3) is 1.84. The van der Waals surface area contributed by atoms with Gasteiger partial charge >= 0.3 is 0 Å². The van der Waals surface area contributed by atoms with Gasteiger partial charge in [0.25, 0.3) is 5.56 Å². The molecule has 0 bridgehead atoms. The zero-order chi connectivity index (χ0) is 10.8. The van der Waals surface area contributed by atoms with E-state index in [9.17, 15) is 15.1 Å². The first-order valence-electron chi connectivity index (χ1n) is 5.34. The lowest BCUT2D eigenvalue weighted by molar-refractivity contribution is 0.171. The molecule has 0 radical (unpaired) electrons. The van der Waals surface area contributed by atoms with Gasteiger partial charge in [-0.2, -0.15) is 4.73 Å². The normalized spacial score (nSPS) is 17.9. The Morgan fingerprint density at radius 2 is 1.93 bits per heavy atom. The van der Waals surface area contributed by atoms with Crippen molar-refractivity contribution in [3.05, 3.63) is 28.2 Å². The average molecular weight is 209 g/mol. The topological polar surface area (TPSA) is 62.5 Å². The minimum atomic E-state index is -0.484. The Morgan fingerprint density at radius 1 is 1.27 bits per heavy atom. The van der Waals surface area contributed by atoms with Gasteiger partial charge in [0.15, 0.2) is 0 Å². The molecule has 0 spiro atoms. The Labute approximate surface area is 87.7 Å². The molecule has 15 heavy (non-hydrogen) atoms. The van der Waals surface area contributed by atoms with Crippen LogP contribution in [-0.4, -0.2) is 15.0 Å². The van der Waals surface area contributed by atoms with Crippen molar-refractivity contribution in [2.45, 2.75) is 38.0 Å². The summed E-state index contributed by atoms with van der Waals surface area (Å²) in [5.41, 5.74) is -0.110. The van der Waals surface area contributed by atoms with E-state index in [1.165, 1.54) is 18.7 Å². The fraction of sp³-hybridized carbons (Fsp3) is 0.545. The molecule has 1 saturated carbocycles. The van der Waals surface area contributed by atoms with Gasteiger partial charge in [0, 0.05) is 6.07 Å². The molecule has 0 unspecified atom stereocenters. The van der Waals surface area contributed by atoms with Gasteiger partial charge < -0.3 is 10.3 Å². The van der Waals surface area contributed by atoms with Gasteiger partial charge in [0.1, 0.15) is 5.75 Å². The van der Waals surface area contributed by atoms with Crippen LogP contribution in [0.1, 0.15) is 43.6 Å². The minimum absolute atomic E-state index is 0.0113. The van der Waals surface area contributed by atoms with Crippen molar-refractivity contribution in [1.82, 2.24) is 4.73 Å². The van der Waals surface area contributed by atoms with Gasteiger partial charge in [-0.05, 0) is 18.8 Å². The van der Waals surface area contributed by atoms with Crippen LogP contribution in [0.15, 0.2) is 17.1 Å². The highest BCUT2D eigenvalue weighted by molar-refractivity contribution is 5.32. The molecular formula is C11H15NO3. The molecule has 0 saturated heterocycles. The van der Waals surface area contributed by atoms with Gasteiger partial charge in [0.05, 0.1) is 11.8 Å². The molecule has 1 aromatic rings. The maximum absolute atomic E-state index is 11.6. The van der Waals surface area contributed by atoms with E-state index in [0.29, 0.717) is 10.3 Å². The number of aromatic hydroxyl groups is 1. The molecule has 4 nitrogen and oxygen atoms in total. The molecule has 4 heteroatoms. The molecule has 82 valence electrons. The number of aromatic nitrogens is 1. The van der Waals surface area contributed by atoms with Gasteiger partial charge in [-0.3, -0.25) is 4.79 Å². The first kappa shape index (κ1) is 10.1. The smallest absolute Gasteiger partial charge is 0.290 e. The van der Waals surface area contributed by atoms with Crippen LogP contribution in [0.3, 0.4) is 0 Å². The van der Waals surface area contributed by atoms with Crippen LogP contribution < -0.4 is 5.56 Å². The molecule has 1 aliphatic rings. The zero-order valence-corrected chi connectivity index (χ0v) is 8.52. The zero-order valence-electron chi connectivity index (χ0n) is 8.52. The van der Waals surface area contributed by atoms with Gasteiger partial charge in [-0.15, -0.1) is 0 Å². The van der Waals surface area contributed by atoms with E-state index in [4.69, 9.17) is 0 Å². The number of nitrogens with zero attached hydrogens (tertiary/aromatic N) is 1. The summed E-state index contributed by atoms with van der Waals surface area (Å²) in [5, 5.41) is 18.9. The van der Waals surface area contributed by atoms with E-state index < -0.39 is 5.56 Å². The van der Waals surface area contributed by atoms with Gasteiger partial charge in [-0.1, -0.05) is 19.3 Å². The SMILES string of the molecule is O=c1c(C2CCCCC2)c(O)ccn1O. The summed E-state index contributed by atoms with van der Waals surface area (Å²) < 4.78 is 0.545. The van der Waals surface area contributed by atoms with Crippen molar-refractivity contribution in [3.8, 4) is 5.75 Å². The average Bonchev–Trinajstić information content (AvgIpc) is 2.26. The van der Waals surface area contributed by atoms with Crippen molar-refractivity contribution in [2.75, 3.05) is 0 Å². The summed E-state index contributed by atoms with van der Waals surface area (Å²) in [4.78, 5) is 11.6. The molecule has 2 N–H and O–H groups in total. The van der Waals surface area contributed by atoms with Crippen molar-refractivity contribution in [1.29, 1.82) is 0 Å². The number of hydrogen-bond acceptors (Lipinski definition) is 3. The highest BCUT2D eigenvalue weighted by Crippen LogP contribution is 2.34. The quantitative estimate of drug-likeness (QED) is 0.694. The summed E-state index contributed by atoms with van der Waals surface area (Å²) in [7, 11) is 0. The van der Waals surface area contributed by atoms with Crippen LogP contribution in [-0.2, 0) is 0 Å². The van der Waals surface area contributed by atoms with Crippen LogP contribution >= 0.6 is 0 Å². The molecule has 0 atom stereocenters. The highest BCUT2D eigenvalue weighted by atomic mass is 16.5. The summed E-state index contributed by atoms with van der Waals surface area (Å²) in [6, 6.07) is 1.37. The van der Waals surface area contributed by atoms with E-state index in [2.05, 4.69) is 0 Å². The molecule has 1 aliphatic carbocycles. The molecule has 1 heterocycles. The van der Waals surface area contributed by atoms with E-state index in [0.717, 1.165) is 25.7 Å². The third-order valence-electron chi connectivity index (χ3n) is 3.10. The third-order valence-corrected chi connectivity index (χ3v) is 3.10. The van der Waals surface area contributed by atoms with Crippen LogP contribution in [0, 0.1) is 0 Å². The standard InChI is InChI=1S/C11H15NO3/c13-9-6-7-12(15)11(14)10(9)8-4-2-1-3-5-8/h6-8,13,15H,1-5H2. The monoisotopic (exact) mass is 209 g/mol. The predicted molar refractivity (Wildman–Crippen MR) is 55.4 cm³/mol. The summed E-state index contributed by atoms with van der Waals surface area (Å²) in [5.74, 6) is 0.114. The molecule has 2 rings (SSSR count). The lowest BCUT2D eigenvalue weighted by Crippen LogP contribution is -2.24. The van der Waals surface area contributed by atoms with Crippen LogP contribution in [0.25, 0.3) is 0 Å². The van der Waals surface area contributed by atoms with Crippen molar-refractivity contribution >= 4 is 0 Å². The maximum atomic E-state index is 11.6. The molecule has 0 aliphatic heterocycles. The lowest BCUT2D eigenvalue weighted by Gasteiger charge is -2.21. The van der Waals surface area contributed by atoms with Crippen LogP contribution in [0.5, 0.6) is 5.75 Å². The van der Waals surface area contributed by atoms with Crippen LogP contribution in [0.2, 0.25) is 0 Å². The summed E-state index contributed by atoms with van der Waals surface area (Å²) >= 11 is 0. The Bertz CT molecular complexity index is 405. The second kappa shape index (κ2) is 3.96. The summed E-state index contributed by atoms with van der Waals surface area (Å²) in [6.45, 7) is 0. The number of hydrogen-bond donors (Lipinski definition) is 2. The largest absolute Gasteiger partial charge is 0.507 e. The Kier molecular flexibility index (Phi) is 2.66. The first-order chi connectivity index (χ1) is 7.20. The Hall–Kier alpha value is -1.45. The highest BCUT2D eigenvalue weighted by Gasteiger charge is 2.22. The van der Waals surface area contributed by atoms with Crippen molar-refractivity contribution < 1.29 is 10.3 Å². The first-order valence-corrected chi connectivity index (χ1v) is 5.34. The van der Waals surface area contributed by atoms with Gasteiger partial charge in [0.2, 0.25) is 0 Å². The van der Waals surface area contributed by atoms with Crippen LogP contribution in [0.4, 0.5) is 0 Å². The van der Waals surface area contributed by atoms with Crippen molar-refractivity contribution in [2.24, 2.45) is 0 Å². The predicted octanol–water partition coefficient (Wildman–Crippen LogP) is 1.84. The lowest BCUT2D eigenvalue weighted by atomic mass is 9.84. The molecule has 1 aromatic heterocycles. The van der Waals surface area contributed by atoms with Gasteiger partial charge in [-0.25, -0.2) is 0 Å². The van der Waals surface area contributed by atoms with Crippen molar-refractivity contribution in [3.63, 3.8) is 0 Å². The number of rotatable bonds is 1. The molecule has 1 fully saturated rings. The van der Waals surface area contributed by atoms with E-state index in [-0.39, 0.29) is 11.7 Å². The Balaban J connectivity index is 2.41. The molecule has 0 amide bonds. The number of pyridine rings is 1. The fourth-order valence-corrected chi connectivity index (χ4v) is 2.31. The second-order valence-corrected chi connectivity index (χ2v) is 4.10. The fourth-order valence-electron chi connectivity index (χ4n) is 2.31. The maximum Gasteiger partial charge on any atom is 0.290 e.